The van der Waals surface area contributed by atoms with Crippen LogP contribution < -0.4 is 5.73 Å². The van der Waals surface area contributed by atoms with Crippen LogP contribution in [0.5, 0.6) is 0 Å². The standard InChI is InChI=1S/C15H14ClNO2S/c16-14-3-1-2-13(8-14)12-6-4-11(5-7-12)9-20(19)10-15(17)18/h1-8H,9-10H2,(H2,17,18). The lowest BCUT2D eigenvalue weighted by atomic mass is 10.0. The summed E-state index contributed by atoms with van der Waals surface area (Å²) < 4.78 is 11.6. The highest BCUT2D eigenvalue weighted by Crippen LogP contribution is 2.23. The Hall–Kier alpha value is -1.65. The smallest absolute Gasteiger partial charge is 0.230 e. The Morgan fingerprint density at radius 3 is 2.40 bits per heavy atom. The molecule has 0 bridgehead atoms. The largest absolute Gasteiger partial charge is 0.369 e. The number of rotatable bonds is 5. The number of hydrogen-bond donors (Lipinski definition) is 1. The van der Waals surface area contributed by atoms with Gasteiger partial charge in [0.05, 0.1) is 0 Å². The molecule has 1 amide bonds. The summed E-state index contributed by atoms with van der Waals surface area (Å²) in [5.41, 5.74) is 8.00. The molecule has 0 radical (unpaired) electrons. The number of nitrogens with two attached hydrogens (primary N) is 1. The molecule has 2 rings (SSSR count). The number of primary amides is 1. The summed E-state index contributed by atoms with van der Waals surface area (Å²) in [6.45, 7) is 0. The molecule has 0 saturated carbocycles. The molecule has 0 spiro atoms. The first kappa shape index (κ1) is 14.8. The van der Waals surface area contributed by atoms with E-state index in [2.05, 4.69) is 0 Å². The van der Waals surface area contributed by atoms with Crippen molar-refractivity contribution in [2.45, 2.75) is 5.75 Å². The fourth-order valence-corrected chi connectivity index (χ4v) is 3.03. The van der Waals surface area contributed by atoms with Crippen molar-refractivity contribution in [3.63, 3.8) is 0 Å². The monoisotopic (exact) mass is 307 g/mol. The molecule has 2 N–H and O–H groups in total. The van der Waals surface area contributed by atoms with Gasteiger partial charge in [-0.25, -0.2) is 0 Å². The van der Waals surface area contributed by atoms with E-state index < -0.39 is 16.7 Å². The Morgan fingerprint density at radius 1 is 1.10 bits per heavy atom. The Labute approximate surface area is 125 Å². The van der Waals surface area contributed by atoms with Crippen molar-refractivity contribution in [3.8, 4) is 11.1 Å². The second-order valence-electron chi connectivity index (χ2n) is 4.40. The van der Waals surface area contributed by atoms with Gasteiger partial charge in [-0.1, -0.05) is 48.0 Å². The van der Waals surface area contributed by atoms with Crippen LogP contribution in [0.15, 0.2) is 48.5 Å². The lowest BCUT2D eigenvalue weighted by Crippen LogP contribution is -2.20. The topological polar surface area (TPSA) is 60.2 Å². The van der Waals surface area contributed by atoms with E-state index in [1.165, 1.54) is 0 Å². The molecule has 0 heterocycles. The molecule has 1 unspecified atom stereocenters. The Bertz CT molecular complexity index is 641. The maximum atomic E-state index is 11.6. The van der Waals surface area contributed by atoms with Gasteiger partial charge in [-0.2, -0.15) is 0 Å². The molecule has 3 nitrogen and oxygen atoms in total. The summed E-state index contributed by atoms with van der Waals surface area (Å²) in [6, 6.07) is 15.3. The van der Waals surface area contributed by atoms with Gasteiger partial charge in [0.1, 0.15) is 5.75 Å². The number of amides is 1. The highest BCUT2D eigenvalue weighted by Gasteiger charge is 2.06. The van der Waals surface area contributed by atoms with E-state index >= 15 is 0 Å². The average Bonchev–Trinajstić information content (AvgIpc) is 2.38. The lowest BCUT2D eigenvalue weighted by Gasteiger charge is -2.05. The van der Waals surface area contributed by atoms with Gasteiger partial charge in [0.2, 0.25) is 5.91 Å². The van der Waals surface area contributed by atoms with E-state index in [4.69, 9.17) is 17.3 Å². The Kier molecular flexibility index (Phi) is 4.93. The summed E-state index contributed by atoms with van der Waals surface area (Å²) in [5.74, 6) is -0.312. The Balaban J connectivity index is 2.10. The van der Waals surface area contributed by atoms with Crippen LogP contribution in [0.4, 0.5) is 0 Å². The second kappa shape index (κ2) is 6.68. The van der Waals surface area contributed by atoms with Crippen molar-refractivity contribution >= 4 is 28.3 Å². The minimum Gasteiger partial charge on any atom is -0.369 e. The first-order chi connectivity index (χ1) is 9.54. The quantitative estimate of drug-likeness (QED) is 0.923. The summed E-state index contributed by atoms with van der Waals surface area (Å²) >= 11 is 5.96. The normalized spacial score (nSPS) is 12.1. The number of hydrogen-bond acceptors (Lipinski definition) is 2. The van der Waals surface area contributed by atoms with Crippen molar-refractivity contribution in [2.24, 2.45) is 5.73 Å². The molecule has 0 aliphatic carbocycles. The molecule has 5 heteroatoms. The molecule has 1 atom stereocenters. The van der Waals surface area contributed by atoms with Gasteiger partial charge >= 0.3 is 0 Å². The fourth-order valence-electron chi connectivity index (χ4n) is 1.86. The zero-order valence-corrected chi connectivity index (χ0v) is 12.3. The van der Waals surface area contributed by atoms with E-state index in [0.717, 1.165) is 16.7 Å². The molecule has 0 saturated heterocycles. The molecular formula is C15H14ClNO2S. The van der Waals surface area contributed by atoms with Crippen molar-refractivity contribution in [1.82, 2.24) is 0 Å². The van der Waals surface area contributed by atoms with Crippen LogP contribution in [0.1, 0.15) is 5.56 Å². The van der Waals surface area contributed by atoms with E-state index in [-0.39, 0.29) is 5.75 Å². The van der Waals surface area contributed by atoms with E-state index in [1.807, 2.05) is 48.5 Å². The predicted molar refractivity (Wildman–Crippen MR) is 82.8 cm³/mol. The molecule has 0 aliphatic rings. The number of halogens is 1. The summed E-state index contributed by atoms with van der Waals surface area (Å²) in [6.07, 6.45) is 0. The van der Waals surface area contributed by atoms with Crippen LogP contribution in [-0.4, -0.2) is 15.9 Å². The molecule has 0 aromatic heterocycles. The molecule has 104 valence electrons. The third-order valence-corrected chi connectivity index (χ3v) is 4.24. The van der Waals surface area contributed by atoms with Crippen molar-refractivity contribution in [1.29, 1.82) is 0 Å². The molecule has 0 fully saturated rings. The highest BCUT2D eigenvalue weighted by atomic mass is 35.5. The third kappa shape index (κ3) is 4.18. The van der Waals surface area contributed by atoms with Crippen molar-refractivity contribution in [3.05, 3.63) is 59.1 Å². The number of carbonyl (C=O) groups is 1. The minimum absolute atomic E-state index is 0.101. The van der Waals surface area contributed by atoms with Crippen molar-refractivity contribution in [2.75, 3.05) is 5.75 Å². The van der Waals surface area contributed by atoms with Crippen LogP contribution in [0.3, 0.4) is 0 Å². The van der Waals surface area contributed by atoms with Gasteiger partial charge in [-0.15, -0.1) is 0 Å². The van der Waals surface area contributed by atoms with Crippen LogP contribution >= 0.6 is 11.6 Å². The lowest BCUT2D eigenvalue weighted by molar-refractivity contribution is -0.115. The Morgan fingerprint density at radius 2 is 1.80 bits per heavy atom. The number of carbonyl (C=O) groups excluding carboxylic acids is 1. The average molecular weight is 308 g/mol. The van der Waals surface area contributed by atoms with E-state index in [9.17, 15) is 9.00 Å². The molecule has 2 aromatic rings. The molecule has 2 aromatic carbocycles. The first-order valence-corrected chi connectivity index (χ1v) is 7.89. The van der Waals surface area contributed by atoms with Gasteiger partial charge in [0.25, 0.3) is 0 Å². The first-order valence-electron chi connectivity index (χ1n) is 6.03. The minimum atomic E-state index is -1.25. The van der Waals surface area contributed by atoms with Crippen molar-refractivity contribution < 1.29 is 9.00 Å². The maximum Gasteiger partial charge on any atom is 0.230 e. The molecule has 20 heavy (non-hydrogen) atoms. The van der Waals surface area contributed by atoms with Gasteiger partial charge in [0, 0.05) is 21.6 Å². The highest BCUT2D eigenvalue weighted by molar-refractivity contribution is 7.84. The fraction of sp³-hybridized carbons (Fsp3) is 0.133. The maximum absolute atomic E-state index is 11.6. The van der Waals surface area contributed by atoms with Crippen LogP contribution in [-0.2, 0) is 21.3 Å². The predicted octanol–water partition coefficient (Wildman–Crippen LogP) is 2.74. The van der Waals surface area contributed by atoms with Gasteiger partial charge in [0.15, 0.2) is 0 Å². The van der Waals surface area contributed by atoms with Crippen LogP contribution in [0.25, 0.3) is 11.1 Å². The van der Waals surface area contributed by atoms with Gasteiger partial charge in [-0.05, 0) is 28.8 Å². The SMILES string of the molecule is NC(=O)CS(=O)Cc1ccc(-c2cccc(Cl)c2)cc1. The zero-order valence-electron chi connectivity index (χ0n) is 10.7. The number of benzene rings is 2. The third-order valence-electron chi connectivity index (χ3n) is 2.74. The summed E-state index contributed by atoms with van der Waals surface area (Å²) in [7, 11) is -1.25. The van der Waals surface area contributed by atoms with E-state index in [1.54, 1.807) is 0 Å². The second-order valence-corrected chi connectivity index (χ2v) is 6.30. The van der Waals surface area contributed by atoms with Gasteiger partial charge < -0.3 is 5.73 Å². The zero-order chi connectivity index (χ0) is 14.5. The molecule has 0 aliphatic heterocycles. The molecular weight excluding hydrogens is 294 g/mol. The van der Waals surface area contributed by atoms with E-state index in [0.29, 0.717) is 10.8 Å². The summed E-state index contributed by atoms with van der Waals surface area (Å²) in [5, 5.41) is 0.689. The van der Waals surface area contributed by atoms with Gasteiger partial charge in [-0.3, -0.25) is 9.00 Å². The van der Waals surface area contributed by atoms with Crippen LogP contribution in [0, 0.1) is 0 Å². The van der Waals surface area contributed by atoms with Crippen LogP contribution in [0.2, 0.25) is 5.02 Å². The summed E-state index contributed by atoms with van der Waals surface area (Å²) in [4.78, 5) is 10.7.